The minimum absolute atomic E-state index is 0.0915. The molecule has 2 aliphatic heterocycles. The fourth-order valence-electron chi connectivity index (χ4n) is 4.61. The zero-order chi connectivity index (χ0) is 25.5. The SMILES string of the molecule is O=C1Nc2ccc(-c3ccc(Cl)cc3)cc2C(=O)N2CCN(C(=O)c3csc(-c4cccnc4)n3)CC12. The molecular weight excluding hydrogens is 510 g/mol. The van der Waals surface area contributed by atoms with E-state index < -0.39 is 6.04 Å². The van der Waals surface area contributed by atoms with Crippen molar-refractivity contribution < 1.29 is 14.4 Å². The van der Waals surface area contributed by atoms with Gasteiger partial charge in [0, 0.05) is 41.4 Å². The number of pyridine rings is 1. The number of nitrogens with zero attached hydrogens (tertiary/aromatic N) is 4. The number of hydrogen-bond donors (Lipinski definition) is 1. The predicted molar refractivity (Wildman–Crippen MR) is 142 cm³/mol. The van der Waals surface area contributed by atoms with Crippen LogP contribution in [0, 0.1) is 0 Å². The van der Waals surface area contributed by atoms with E-state index in [0.717, 1.165) is 16.7 Å². The highest BCUT2D eigenvalue weighted by atomic mass is 35.5. The Morgan fingerprint density at radius 1 is 1.03 bits per heavy atom. The van der Waals surface area contributed by atoms with Gasteiger partial charge in [-0.1, -0.05) is 29.8 Å². The van der Waals surface area contributed by atoms with Gasteiger partial charge in [-0.2, -0.15) is 0 Å². The molecule has 2 aliphatic rings. The van der Waals surface area contributed by atoms with Gasteiger partial charge in [-0.3, -0.25) is 19.4 Å². The van der Waals surface area contributed by atoms with Gasteiger partial charge in [-0.25, -0.2) is 4.98 Å². The summed E-state index contributed by atoms with van der Waals surface area (Å²) in [6.45, 7) is 0.640. The predicted octanol–water partition coefficient (Wildman–Crippen LogP) is 4.44. The van der Waals surface area contributed by atoms with Crippen LogP contribution in [0.1, 0.15) is 20.8 Å². The van der Waals surface area contributed by atoms with Crippen molar-refractivity contribution in [2.24, 2.45) is 0 Å². The Hall–Kier alpha value is -4.08. The number of amides is 3. The lowest BCUT2D eigenvalue weighted by Gasteiger charge is -2.39. The van der Waals surface area contributed by atoms with Crippen LogP contribution in [0.5, 0.6) is 0 Å². The van der Waals surface area contributed by atoms with Crippen LogP contribution >= 0.6 is 22.9 Å². The molecule has 1 saturated heterocycles. The van der Waals surface area contributed by atoms with Gasteiger partial charge >= 0.3 is 0 Å². The number of benzene rings is 2. The van der Waals surface area contributed by atoms with Crippen LogP contribution < -0.4 is 5.32 Å². The number of carbonyl (C=O) groups excluding carboxylic acids is 3. The maximum atomic E-state index is 13.6. The van der Waals surface area contributed by atoms with Crippen LogP contribution in [-0.2, 0) is 4.79 Å². The molecule has 1 atom stereocenters. The Kier molecular flexibility index (Phi) is 5.94. The van der Waals surface area contributed by atoms with E-state index in [0.29, 0.717) is 33.5 Å². The lowest BCUT2D eigenvalue weighted by molar-refractivity contribution is -0.121. The van der Waals surface area contributed by atoms with Gasteiger partial charge in [0.05, 0.1) is 17.8 Å². The fourth-order valence-corrected chi connectivity index (χ4v) is 5.52. The van der Waals surface area contributed by atoms with E-state index >= 15 is 0 Å². The van der Waals surface area contributed by atoms with Crippen molar-refractivity contribution in [1.29, 1.82) is 0 Å². The third-order valence-corrected chi connectivity index (χ3v) is 7.69. The molecule has 1 unspecified atom stereocenters. The molecule has 8 nitrogen and oxygen atoms in total. The van der Waals surface area contributed by atoms with Crippen molar-refractivity contribution in [1.82, 2.24) is 19.8 Å². The topological polar surface area (TPSA) is 95.5 Å². The van der Waals surface area contributed by atoms with Crippen LogP contribution in [0.2, 0.25) is 5.02 Å². The first-order chi connectivity index (χ1) is 18.0. The average molecular weight is 530 g/mol. The summed E-state index contributed by atoms with van der Waals surface area (Å²) in [6.07, 6.45) is 3.38. The Bertz CT molecular complexity index is 1520. The van der Waals surface area contributed by atoms with E-state index in [1.165, 1.54) is 11.3 Å². The van der Waals surface area contributed by atoms with Crippen LogP contribution in [0.4, 0.5) is 5.69 Å². The highest BCUT2D eigenvalue weighted by Crippen LogP contribution is 2.31. The van der Waals surface area contributed by atoms with Crippen LogP contribution in [0.25, 0.3) is 21.7 Å². The van der Waals surface area contributed by atoms with Crippen molar-refractivity contribution >= 4 is 46.3 Å². The van der Waals surface area contributed by atoms with Crippen molar-refractivity contribution in [2.45, 2.75) is 6.04 Å². The molecule has 0 saturated carbocycles. The molecular formula is C27H20ClN5O3S. The number of nitrogens with one attached hydrogen (secondary N) is 1. The maximum Gasteiger partial charge on any atom is 0.273 e. The van der Waals surface area contributed by atoms with E-state index in [4.69, 9.17) is 11.6 Å². The highest BCUT2D eigenvalue weighted by Gasteiger charge is 2.41. The number of thiazole rings is 1. The first-order valence-electron chi connectivity index (χ1n) is 11.6. The van der Waals surface area contributed by atoms with E-state index in [-0.39, 0.29) is 30.8 Å². The Morgan fingerprint density at radius 2 is 1.84 bits per heavy atom. The first-order valence-corrected chi connectivity index (χ1v) is 12.9. The molecule has 4 aromatic rings. The summed E-state index contributed by atoms with van der Waals surface area (Å²) in [4.78, 5) is 51.7. The van der Waals surface area contributed by atoms with Crippen molar-refractivity contribution in [3.63, 3.8) is 0 Å². The van der Waals surface area contributed by atoms with Crippen LogP contribution in [-0.4, -0.2) is 63.2 Å². The molecule has 3 amide bonds. The molecule has 2 aromatic carbocycles. The quantitative estimate of drug-likeness (QED) is 0.423. The Labute approximate surface area is 221 Å². The molecule has 0 radical (unpaired) electrons. The second kappa shape index (κ2) is 9.42. The number of carbonyl (C=O) groups is 3. The standard InChI is InChI=1S/C27H20ClN5O3S/c28-19-6-3-16(4-7-19)17-5-8-21-20(12-17)26(35)33-11-10-32(14-23(33)24(34)30-21)27(36)22-15-37-25(31-22)18-2-1-9-29-13-18/h1-9,12-13,15,23H,10-11,14H2,(H,30,34). The van der Waals surface area contributed by atoms with Crippen LogP contribution in [0.3, 0.4) is 0 Å². The number of aromatic nitrogens is 2. The summed E-state index contributed by atoms with van der Waals surface area (Å²) < 4.78 is 0. The van der Waals surface area contributed by atoms with Gasteiger partial charge in [0.2, 0.25) is 5.91 Å². The van der Waals surface area contributed by atoms with E-state index in [9.17, 15) is 14.4 Å². The summed E-state index contributed by atoms with van der Waals surface area (Å²) in [5, 5.41) is 5.92. The largest absolute Gasteiger partial charge is 0.333 e. The first kappa shape index (κ1) is 23.3. The second-order valence-electron chi connectivity index (χ2n) is 8.80. The monoisotopic (exact) mass is 529 g/mol. The molecule has 2 aromatic heterocycles. The summed E-state index contributed by atoms with van der Waals surface area (Å²) in [5.74, 6) is -0.829. The second-order valence-corrected chi connectivity index (χ2v) is 10.1. The zero-order valence-corrected chi connectivity index (χ0v) is 21.0. The molecule has 1 N–H and O–H groups in total. The minimum atomic E-state index is -0.798. The van der Waals surface area contributed by atoms with Gasteiger partial charge < -0.3 is 15.1 Å². The lowest BCUT2D eigenvalue weighted by atomic mass is 10.0. The summed E-state index contributed by atoms with van der Waals surface area (Å²) in [6, 6.07) is 15.6. The fraction of sp³-hybridized carbons (Fsp3) is 0.148. The maximum absolute atomic E-state index is 13.6. The molecule has 184 valence electrons. The summed E-state index contributed by atoms with van der Waals surface area (Å²) in [5.41, 5.74) is 3.79. The smallest absolute Gasteiger partial charge is 0.273 e. The molecule has 0 spiro atoms. The Morgan fingerprint density at radius 3 is 2.62 bits per heavy atom. The van der Waals surface area contributed by atoms with E-state index in [1.54, 1.807) is 51.8 Å². The minimum Gasteiger partial charge on any atom is -0.333 e. The molecule has 10 heteroatoms. The molecule has 0 aliphatic carbocycles. The average Bonchev–Trinajstić information content (AvgIpc) is 3.40. The number of rotatable bonds is 3. The molecule has 4 heterocycles. The number of halogens is 1. The number of piperazine rings is 1. The summed E-state index contributed by atoms with van der Waals surface area (Å²) in [7, 11) is 0. The zero-order valence-electron chi connectivity index (χ0n) is 19.4. The molecule has 1 fully saturated rings. The molecule has 0 bridgehead atoms. The molecule has 37 heavy (non-hydrogen) atoms. The van der Waals surface area contributed by atoms with Crippen molar-refractivity contribution in [3.8, 4) is 21.7 Å². The molecule has 6 rings (SSSR count). The highest BCUT2D eigenvalue weighted by molar-refractivity contribution is 7.13. The van der Waals surface area contributed by atoms with Gasteiger partial charge in [-0.05, 0) is 47.5 Å². The number of hydrogen-bond acceptors (Lipinski definition) is 6. The normalized spacial score (nSPS) is 17.1. The van der Waals surface area contributed by atoms with Crippen molar-refractivity contribution in [3.05, 3.63) is 88.7 Å². The van der Waals surface area contributed by atoms with Gasteiger partial charge in [0.25, 0.3) is 11.8 Å². The third-order valence-electron chi connectivity index (χ3n) is 6.55. The summed E-state index contributed by atoms with van der Waals surface area (Å²) >= 11 is 7.38. The van der Waals surface area contributed by atoms with Gasteiger partial charge in [0.1, 0.15) is 16.7 Å². The van der Waals surface area contributed by atoms with Crippen molar-refractivity contribution in [2.75, 3.05) is 25.0 Å². The van der Waals surface area contributed by atoms with Crippen LogP contribution in [0.15, 0.2) is 72.4 Å². The third kappa shape index (κ3) is 4.36. The Balaban J connectivity index is 1.23. The van der Waals surface area contributed by atoms with Gasteiger partial charge in [0.15, 0.2) is 0 Å². The number of fused-ring (bicyclic) bond motifs is 2. The van der Waals surface area contributed by atoms with E-state index in [2.05, 4.69) is 15.3 Å². The van der Waals surface area contributed by atoms with Gasteiger partial charge in [-0.15, -0.1) is 11.3 Å². The van der Waals surface area contributed by atoms with E-state index in [1.807, 2.05) is 30.3 Å². The lowest BCUT2D eigenvalue weighted by Crippen LogP contribution is -2.59. The number of anilines is 1.